The molecular weight excluding hydrogens is 366 g/mol. The monoisotopic (exact) mass is 395 g/mol. The molecule has 3 amide bonds. The third kappa shape index (κ3) is 4.97. The first-order valence-corrected chi connectivity index (χ1v) is 10.00. The number of hydrogen-bond donors (Lipinski definition) is 3. The van der Waals surface area contributed by atoms with E-state index < -0.39 is 17.5 Å². The van der Waals surface area contributed by atoms with E-state index in [-0.39, 0.29) is 34.1 Å². The van der Waals surface area contributed by atoms with E-state index in [0.717, 1.165) is 43.6 Å². The third-order valence-electron chi connectivity index (χ3n) is 4.65. The number of carbonyl (C=O) groups is 3. The number of anilines is 1. The Morgan fingerprint density at radius 3 is 2.30 bits per heavy atom. The Kier molecular flexibility index (Phi) is 6.46. The Hall–Kier alpha value is -2.16. The lowest BCUT2D eigenvalue weighted by Crippen LogP contribution is -2.55. The molecule has 8 nitrogen and oxygen atoms in total. The molecule has 2 rings (SSSR count). The molecule has 5 N–H and O–H groups in total. The lowest BCUT2D eigenvalue weighted by atomic mass is 9.92. The molecule has 0 saturated heterocycles. The van der Waals surface area contributed by atoms with Crippen LogP contribution in [-0.4, -0.2) is 44.6 Å². The van der Waals surface area contributed by atoms with Crippen molar-refractivity contribution in [2.24, 2.45) is 5.73 Å². The Labute approximate surface area is 163 Å². The summed E-state index contributed by atoms with van der Waals surface area (Å²) in [4.78, 5) is 39.2. The van der Waals surface area contributed by atoms with Gasteiger partial charge in [0.15, 0.2) is 5.69 Å². The number of carbonyl (C=O) groups excluding carboxylic acids is 3. The van der Waals surface area contributed by atoms with Gasteiger partial charge < -0.3 is 21.7 Å². The molecule has 1 atom stereocenters. The van der Waals surface area contributed by atoms with Gasteiger partial charge in [-0.2, -0.15) is 4.37 Å². The lowest BCUT2D eigenvalue weighted by Gasteiger charge is -2.38. The van der Waals surface area contributed by atoms with Crippen molar-refractivity contribution in [2.45, 2.75) is 77.4 Å². The summed E-state index contributed by atoms with van der Waals surface area (Å²) in [6.07, 6.45) is 4.80. The van der Waals surface area contributed by atoms with Gasteiger partial charge in [-0.05, 0) is 52.1 Å². The Morgan fingerprint density at radius 2 is 1.81 bits per heavy atom. The second-order valence-corrected chi connectivity index (χ2v) is 8.83. The minimum absolute atomic E-state index is 0.0123. The number of nitrogen functional groups attached to an aromatic ring is 1. The summed E-state index contributed by atoms with van der Waals surface area (Å²) in [6, 6.07) is -0.719. The molecule has 150 valence electrons. The number of nitrogens with two attached hydrogens (primary N) is 2. The predicted molar refractivity (Wildman–Crippen MR) is 105 cm³/mol. The van der Waals surface area contributed by atoms with Crippen molar-refractivity contribution in [1.82, 2.24) is 14.6 Å². The molecule has 1 fully saturated rings. The van der Waals surface area contributed by atoms with Gasteiger partial charge in [-0.3, -0.25) is 14.4 Å². The molecule has 1 saturated carbocycles. The van der Waals surface area contributed by atoms with Gasteiger partial charge in [-0.25, -0.2) is 0 Å². The van der Waals surface area contributed by atoms with Gasteiger partial charge >= 0.3 is 0 Å². The van der Waals surface area contributed by atoms with Crippen LogP contribution in [0.15, 0.2) is 0 Å². The summed E-state index contributed by atoms with van der Waals surface area (Å²) in [7, 11) is 0. The SMILES string of the molecule is CC(C(=O)NC(C)(C)C)N(C(=O)c1snc(C(N)=O)c1N)C1CCCCC1. The van der Waals surface area contributed by atoms with Crippen LogP contribution in [0.1, 0.15) is 80.0 Å². The normalized spacial score (nSPS) is 16.6. The van der Waals surface area contributed by atoms with Gasteiger partial charge in [0.05, 0.1) is 5.69 Å². The molecule has 0 radical (unpaired) electrons. The molecule has 0 spiro atoms. The summed E-state index contributed by atoms with van der Waals surface area (Å²) < 4.78 is 3.92. The first-order valence-electron chi connectivity index (χ1n) is 9.22. The van der Waals surface area contributed by atoms with Crippen molar-refractivity contribution < 1.29 is 14.4 Å². The number of rotatable bonds is 5. The number of primary amides is 1. The van der Waals surface area contributed by atoms with Gasteiger partial charge in [-0.15, -0.1) is 0 Å². The molecule has 27 heavy (non-hydrogen) atoms. The summed E-state index contributed by atoms with van der Waals surface area (Å²) in [5, 5.41) is 2.93. The van der Waals surface area contributed by atoms with E-state index in [4.69, 9.17) is 11.5 Å². The van der Waals surface area contributed by atoms with Crippen molar-refractivity contribution in [1.29, 1.82) is 0 Å². The zero-order valence-electron chi connectivity index (χ0n) is 16.4. The molecule has 1 unspecified atom stereocenters. The highest BCUT2D eigenvalue weighted by Gasteiger charge is 2.36. The van der Waals surface area contributed by atoms with Crippen LogP contribution in [0.25, 0.3) is 0 Å². The molecule has 0 bridgehead atoms. The second kappa shape index (κ2) is 8.24. The van der Waals surface area contributed by atoms with Crippen molar-refractivity contribution in [3.63, 3.8) is 0 Å². The molecule has 0 aromatic carbocycles. The van der Waals surface area contributed by atoms with Crippen LogP contribution in [0.5, 0.6) is 0 Å². The summed E-state index contributed by atoms with van der Waals surface area (Å²) >= 11 is 0.848. The van der Waals surface area contributed by atoms with Crippen LogP contribution in [0, 0.1) is 0 Å². The van der Waals surface area contributed by atoms with Crippen LogP contribution in [0.4, 0.5) is 5.69 Å². The van der Waals surface area contributed by atoms with E-state index in [2.05, 4.69) is 9.69 Å². The van der Waals surface area contributed by atoms with Crippen molar-refractivity contribution in [2.75, 3.05) is 5.73 Å². The Morgan fingerprint density at radius 1 is 1.22 bits per heavy atom. The zero-order valence-corrected chi connectivity index (χ0v) is 17.2. The molecule has 9 heteroatoms. The zero-order chi connectivity index (χ0) is 20.4. The van der Waals surface area contributed by atoms with E-state index in [1.54, 1.807) is 11.8 Å². The van der Waals surface area contributed by atoms with Crippen molar-refractivity contribution in [3.8, 4) is 0 Å². The molecular formula is C18H29N5O3S. The first-order chi connectivity index (χ1) is 12.5. The predicted octanol–water partition coefficient (Wildman–Crippen LogP) is 1.90. The highest BCUT2D eigenvalue weighted by atomic mass is 32.1. The molecule has 1 aromatic heterocycles. The Balaban J connectivity index is 2.35. The molecule has 1 aliphatic rings. The highest BCUT2D eigenvalue weighted by Crippen LogP contribution is 2.30. The van der Waals surface area contributed by atoms with Crippen LogP contribution in [0.3, 0.4) is 0 Å². The first kappa shape index (κ1) is 21.1. The minimum atomic E-state index is -0.773. The third-order valence-corrected chi connectivity index (χ3v) is 5.50. The highest BCUT2D eigenvalue weighted by molar-refractivity contribution is 7.09. The number of nitrogens with one attached hydrogen (secondary N) is 1. The number of nitrogens with zero attached hydrogens (tertiary/aromatic N) is 2. The maximum absolute atomic E-state index is 13.3. The fourth-order valence-corrected chi connectivity index (χ4v) is 4.11. The largest absolute Gasteiger partial charge is 0.395 e. The van der Waals surface area contributed by atoms with Gasteiger partial charge in [0, 0.05) is 11.6 Å². The minimum Gasteiger partial charge on any atom is -0.395 e. The number of amides is 3. The van der Waals surface area contributed by atoms with Gasteiger partial charge in [0.1, 0.15) is 10.9 Å². The van der Waals surface area contributed by atoms with Crippen molar-refractivity contribution in [3.05, 3.63) is 10.6 Å². The van der Waals surface area contributed by atoms with Crippen LogP contribution in [0.2, 0.25) is 0 Å². The number of hydrogen-bond acceptors (Lipinski definition) is 6. The molecule has 1 heterocycles. The summed E-state index contributed by atoms with van der Waals surface area (Å²) in [5.41, 5.74) is 10.7. The quantitative estimate of drug-likeness (QED) is 0.700. The van der Waals surface area contributed by atoms with E-state index in [9.17, 15) is 14.4 Å². The van der Waals surface area contributed by atoms with E-state index in [0.29, 0.717) is 0 Å². The second-order valence-electron chi connectivity index (χ2n) is 8.06. The summed E-state index contributed by atoms with van der Waals surface area (Å²) in [5.74, 6) is -1.37. The summed E-state index contributed by atoms with van der Waals surface area (Å²) in [6.45, 7) is 7.40. The van der Waals surface area contributed by atoms with Crippen molar-refractivity contribution >= 4 is 34.9 Å². The van der Waals surface area contributed by atoms with Gasteiger partial charge in [0.25, 0.3) is 11.8 Å². The average molecular weight is 396 g/mol. The van der Waals surface area contributed by atoms with E-state index in [1.807, 2.05) is 20.8 Å². The topological polar surface area (TPSA) is 131 Å². The standard InChI is InChI=1S/C18H29N5O3S/c1-10(16(25)21-18(2,3)4)23(11-8-6-5-7-9-11)17(26)14-12(19)13(15(20)24)22-27-14/h10-11H,5-9,19H2,1-4H3,(H2,20,24)(H,21,25). The lowest BCUT2D eigenvalue weighted by molar-refractivity contribution is -0.127. The van der Waals surface area contributed by atoms with Crippen LogP contribution < -0.4 is 16.8 Å². The van der Waals surface area contributed by atoms with Crippen LogP contribution >= 0.6 is 11.5 Å². The Bertz CT molecular complexity index is 719. The molecule has 1 aromatic rings. The molecule has 1 aliphatic carbocycles. The van der Waals surface area contributed by atoms with Crippen LogP contribution in [-0.2, 0) is 4.79 Å². The molecule has 0 aliphatic heterocycles. The number of aromatic nitrogens is 1. The maximum Gasteiger partial charge on any atom is 0.270 e. The fourth-order valence-electron chi connectivity index (χ4n) is 3.36. The van der Waals surface area contributed by atoms with Gasteiger partial charge in [0.2, 0.25) is 5.91 Å². The smallest absolute Gasteiger partial charge is 0.270 e. The van der Waals surface area contributed by atoms with E-state index >= 15 is 0 Å². The fraction of sp³-hybridized carbons (Fsp3) is 0.667. The van der Waals surface area contributed by atoms with E-state index in [1.165, 1.54) is 0 Å². The average Bonchev–Trinajstić information content (AvgIpc) is 2.96. The maximum atomic E-state index is 13.3. The van der Waals surface area contributed by atoms with Gasteiger partial charge in [-0.1, -0.05) is 19.3 Å².